The molecule has 0 aliphatic heterocycles. The van der Waals surface area contributed by atoms with Gasteiger partial charge in [0.05, 0.1) is 25.5 Å². The maximum absolute atomic E-state index is 13.9. The minimum atomic E-state index is -0.484. The van der Waals surface area contributed by atoms with E-state index in [-0.39, 0.29) is 11.4 Å². The van der Waals surface area contributed by atoms with Crippen molar-refractivity contribution in [2.45, 2.75) is 26.7 Å². The van der Waals surface area contributed by atoms with Crippen LogP contribution in [-0.4, -0.2) is 52.5 Å². The first-order chi connectivity index (χ1) is 14.5. The van der Waals surface area contributed by atoms with Crippen LogP contribution in [0.4, 0.5) is 9.52 Å². The Bertz CT molecular complexity index is 987. The quantitative estimate of drug-likeness (QED) is 0.488. The number of aromatic nitrogens is 4. The van der Waals surface area contributed by atoms with E-state index in [9.17, 15) is 9.18 Å². The van der Waals surface area contributed by atoms with Gasteiger partial charge < -0.3 is 14.2 Å². The average molecular weight is 435 g/mol. The molecule has 0 atom stereocenters. The summed E-state index contributed by atoms with van der Waals surface area (Å²) in [5.41, 5.74) is 1.25. The number of nitrogens with one attached hydrogen (secondary N) is 1. The summed E-state index contributed by atoms with van der Waals surface area (Å²) in [5, 5.41) is 12.6. The SMILES string of the molecule is CCOC(Cn1cc(C(=O)Nc2nc(-c3ccc(OC)c(F)c3)cs2)nn1)OCC. The van der Waals surface area contributed by atoms with Gasteiger partial charge in [-0.05, 0) is 32.0 Å². The number of halogens is 1. The molecule has 0 radical (unpaired) electrons. The van der Waals surface area contributed by atoms with Gasteiger partial charge in [0.1, 0.15) is 0 Å². The molecule has 3 rings (SSSR count). The lowest BCUT2D eigenvalue weighted by Gasteiger charge is -2.16. The number of methoxy groups -OCH3 is 1. The zero-order valence-corrected chi connectivity index (χ0v) is 17.6. The minimum Gasteiger partial charge on any atom is -0.494 e. The van der Waals surface area contributed by atoms with Crippen molar-refractivity contribution in [1.29, 1.82) is 0 Å². The van der Waals surface area contributed by atoms with Crippen molar-refractivity contribution >= 4 is 22.4 Å². The van der Waals surface area contributed by atoms with Crippen LogP contribution in [0.5, 0.6) is 5.75 Å². The molecule has 0 fully saturated rings. The second kappa shape index (κ2) is 10.2. The Hall–Kier alpha value is -2.89. The number of hydrogen-bond acceptors (Lipinski definition) is 8. The maximum Gasteiger partial charge on any atom is 0.279 e. The largest absolute Gasteiger partial charge is 0.494 e. The van der Waals surface area contributed by atoms with Gasteiger partial charge in [0.15, 0.2) is 28.7 Å². The van der Waals surface area contributed by atoms with Crippen LogP contribution in [0.1, 0.15) is 24.3 Å². The first-order valence-electron chi connectivity index (χ1n) is 9.28. The molecule has 1 N–H and O–H groups in total. The van der Waals surface area contributed by atoms with Crippen molar-refractivity contribution in [2.75, 3.05) is 25.6 Å². The number of rotatable bonds is 10. The van der Waals surface area contributed by atoms with Gasteiger partial charge in [-0.3, -0.25) is 10.1 Å². The fourth-order valence-corrected chi connectivity index (χ4v) is 3.34. The second-order valence-corrected chi connectivity index (χ2v) is 6.87. The summed E-state index contributed by atoms with van der Waals surface area (Å²) in [6, 6.07) is 4.55. The van der Waals surface area contributed by atoms with E-state index < -0.39 is 18.0 Å². The predicted molar refractivity (Wildman–Crippen MR) is 109 cm³/mol. The van der Waals surface area contributed by atoms with Gasteiger partial charge in [-0.1, -0.05) is 5.21 Å². The van der Waals surface area contributed by atoms with Gasteiger partial charge in [0, 0.05) is 24.2 Å². The Morgan fingerprint density at radius 1 is 1.30 bits per heavy atom. The van der Waals surface area contributed by atoms with Gasteiger partial charge >= 0.3 is 0 Å². The molecule has 0 unspecified atom stereocenters. The van der Waals surface area contributed by atoms with Crippen molar-refractivity contribution in [1.82, 2.24) is 20.0 Å². The number of benzene rings is 1. The Kier molecular flexibility index (Phi) is 7.44. The lowest BCUT2D eigenvalue weighted by Crippen LogP contribution is -2.24. The highest BCUT2D eigenvalue weighted by molar-refractivity contribution is 7.14. The van der Waals surface area contributed by atoms with Crippen molar-refractivity contribution in [3.63, 3.8) is 0 Å². The lowest BCUT2D eigenvalue weighted by molar-refractivity contribution is -0.145. The van der Waals surface area contributed by atoms with Crippen LogP contribution in [0.3, 0.4) is 0 Å². The number of amides is 1. The van der Waals surface area contributed by atoms with Gasteiger partial charge in [-0.15, -0.1) is 16.4 Å². The topological polar surface area (TPSA) is 100 Å². The van der Waals surface area contributed by atoms with Crippen molar-refractivity contribution < 1.29 is 23.4 Å². The van der Waals surface area contributed by atoms with E-state index in [1.807, 2.05) is 13.8 Å². The van der Waals surface area contributed by atoms with Gasteiger partial charge in [-0.25, -0.2) is 14.1 Å². The third-order valence-electron chi connectivity index (χ3n) is 3.98. The van der Waals surface area contributed by atoms with Crippen LogP contribution in [0, 0.1) is 5.82 Å². The molecule has 2 heterocycles. The molecule has 0 aliphatic carbocycles. The summed E-state index contributed by atoms with van der Waals surface area (Å²) in [6.45, 7) is 5.05. The van der Waals surface area contributed by atoms with Gasteiger partial charge in [0.25, 0.3) is 5.91 Å². The van der Waals surface area contributed by atoms with E-state index in [1.54, 1.807) is 11.4 Å². The molecule has 30 heavy (non-hydrogen) atoms. The Balaban J connectivity index is 1.64. The summed E-state index contributed by atoms with van der Waals surface area (Å²) in [4.78, 5) is 16.8. The first kappa shape index (κ1) is 21.8. The van der Waals surface area contributed by atoms with Crippen LogP contribution < -0.4 is 10.1 Å². The summed E-state index contributed by atoms with van der Waals surface area (Å²) in [6.07, 6.45) is 1.04. The van der Waals surface area contributed by atoms with E-state index in [0.717, 1.165) is 0 Å². The number of carbonyl (C=O) groups is 1. The molecule has 160 valence electrons. The van der Waals surface area contributed by atoms with Crippen molar-refractivity contribution in [3.05, 3.63) is 41.3 Å². The maximum atomic E-state index is 13.9. The smallest absolute Gasteiger partial charge is 0.279 e. The fraction of sp³-hybridized carbons (Fsp3) is 0.368. The molecule has 0 spiro atoms. The molecule has 11 heteroatoms. The molecule has 0 bridgehead atoms. The van der Waals surface area contributed by atoms with E-state index in [1.165, 1.54) is 41.5 Å². The molecule has 0 saturated heterocycles. The molecule has 1 aromatic carbocycles. The Morgan fingerprint density at radius 3 is 2.73 bits per heavy atom. The number of ether oxygens (including phenoxy) is 3. The fourth-order valence-electron chi connectivity index (χ4n) is 2.62. The number of thiazole rings is 1. The zero-order valence-electron chi connectivity index (χ0n) is 16.8. The summed E-state index contributed by atoms with van der Waals surface area (Å²) in [5.74, 6) is -0.781. The molecule has 2 aromatic heterocycles. The Morgan fingerprint density at radius 2 is 2.07 bits per heavy atom. The molecular formula is C19H22FN5O4S. The zero-order chi connectivity index (χ0) is 21.5. The van der Waals surface area contributed by atoms with Crippen LogP contribution in [-0.2, 0) is 16.0 Å². The summed E-state index contributed by atoms with van der Waals surface area (Å²) >= 11 is 1.22. The van der Waals surface area contributed by atoms with E-state index in [0.29, 0.717) is 36.1 Å². The minimum absolute atomic E-state index is 0.133. The van der Waals surface area contributed by atoms with Crippen LogP contribution in [0.2, 0.25) is 0 Å². The van der Waals surface area contributed by atoms with Crippen LogP contribution in [0.25, 0.3) is 11.3 Å². The average Bonchev–Trinajstić information content (AvgIpc) is 3.38. The van der Waals surface area contributed by atoms with Gasteiger partial charge in [0.2, 0.25) is 0 Å². The lowest BCUT2D eigenvalue weighted by atomic mass is 10.1. The van der Waals surface area contributed by atoms with E-state index in [4.69, 9.17) is 14.2 Å². The summed E-state index contributed by atoms with van der Waals surface area (Å²) < 4.78 is 31.2. The van der Waals surface area contributed by atoms with E-state index >= 15 is 0 Å². The number of carbonyl (C=O) groups excluding carboxylic acids is 1. The normalized spacial score (nSPS) is 11.1. The third kappa shape index (κ3) is 5.38. The van der Waals surface area contributed by atoms with Crippen molar-refractivity contribution in [2.24, 2.45) is 0 Å². The highest BCUT2D eigenvalue weighted by atomic mass is 32.1. The molecule has 3 aromatic rings. The van der Waals surface area contributed by atoms with E-state index in [2.05, 4.69) is 20.6 Å². The molecule has 0 aliphatic rings. The number of anilines is 1. The summed E-state index contributed by atoms with van der Waals surface area (Å²) in [7, 11) is 1.40. The predicted octanol–water partition coefficient (Wildman–Crippen LogP) is 3.20. The van der Waals surface area contributed by atoms with Gasteiger partial charge in [-0.2, -0.15) is 0 Å². The number of nitrogens with zero attached hydrogens (tertiary/aromatic N) is 4. The van der Waals surface area contributed by atoms with Crippen molar-refractivity contribution in [3.8, 4) is 17.0 Å². The third-order valence-corrected chi connectivity index (χ3v) is 4.74. The first-order valence-corrected chi connectivity index (χ1v) is 10.2. The van der Waals surface area contributed by atoms with Crippen LogP contribution in [0.15, 0.2) is 29.8 Å². The molecule has 1 amide bonds. The highest BCUT2D eigenvalue weighted by Gasteiger charge is 2.16. The molecule has 0 saturated carbocycles. The Labute approximate surface area is 176 Å². The molecular weight excluding hydrogens is 413 g/mol. The number of hydrogen-bond donors (Lipinski definition) is 1. The highest BCUT2D eigenvalue weighted by Crippen LogP contribution is 2.28. The van der Waals surface area contributed by atoms with Crippen LogP contribution >= 0.6 is 11.3 Å². The second-order valence-electron chi connectivity index (χ2n) is 6.01. The monoisotopic (exact) mass is 435 g/mol. The molecule has 9 nitrogen and oxygen atoms in total. The standard InChI is InChI=1S/C19H22FN5O4S/c1-4-28-17(29-5-2)10-25-9-14(23-24-25)18(26)22-19-21-15(11-30-19)12-6-7-16(27-3)13(20)8-12/h6-9,11,17H,4-5,10H2,1-3H3,(H,21,22,26).